The SMILES string of the molecule is O=C(Nc1ccccc1-c1ccon1)N[C@H]1[C@@H]2CN(c3ccc(F)cc3F)C[C@@H]21. The minimum atomic E-state index is -0.585. The number of hydrogen-bond acceptors (Lipinski definition) is 4. The van der Waals surface area contributed by atoms with E-state index in [0.29, 0.717) is 30.2 Å². The number of amides is 2. The number of nitrogens with zero attached hydrogens (tertiary/aromatic N) is 2. The minimum Gasteiger partial charge on any atom is -0.368 e. The molecule has 2 aliphatic rings. The van der Waals surface area contributed by atoms with Crippen molar-refractivity contribution < 1.29 is 18.1 Å². The summed E-state index contributed by atoms with van der Waals surface area (Å²) < 4.78 is 32.0. The summed E-state index contributed by atoms with van der Waals surface area (Å²) >= 11 is 0. The normalized spacial score (nSPS) is 22.3. The Bertz CT molecular complexity index is 1040. The number of hydrogen-bond donors (Lipinski definition) is 2. The zero-order valence-corrected chi connectivity index (χ0v) is 15.3. The maximum Gasteiger partial charge on any atom is 0.319 e. The molecule has 2 N–H and O–H groups in total. The zero-order chi connectivity index (χ0) is 20.0. The Morgan fingerprint density at radius 1 is 1.10 bits per heavy atom. The molecule has 0 unspecified atom stereocenters. The Morgan fingerprint density at radius 2 is 1.90 bits per heavy atom. The van der Waals surface area contributed by atoms with Crippen LogP contribution in [0.1, 0.15) is 0 Å². The fraction of sp³-hybridized carbons (Fsp3) is 0.238. The van der Waals surface area contributed by atoms with Gasteiger partial charge in [0.15, 0.2) is 0 Å². The van der Waals surface area contributed by atoms with Gasteiger partial charge < -0.3 is 20.1 Å². The lowest BCUT2D eigenvalue weighted by Crippen LogP contribution is -2.37. The molecule has 1 aliphatic carbocycles. The second kappa shape index (κ2) is 6.88. The molecule has 148 valence electrons. The number of rotatable bonds is 4. The van der Waals surface area contributed by atoms with Crippen molar-refractivity contribution in [2.75, 3.05) is 23.3 Å². The minimum absolute atomic E-state index is 0.0500. The molecule has 6 nitrogen and oxygen atoms in total. The third-order valence-corrected chi connectivity index (χ3v) is 5.63. The molecule has 3 aromatic rings. The molecule has 1 aliphatic heterocycles. The van der Waals surface area contributed by atoms with E-state index in [1.807, 2.05) is 23.1 Å². The van der Waals surface area contributed by atoms with Gasteiger partial charge in [-0.3, -0.25) is 0 Å². The van der Waals surface area contributed by atoms with Crippen LogP contribution in [0.25, 0.3) is 11.3 Å². The number of carbonyl (C=O) groups excluding carboxylic acids is 1. The summed E-state index contributed by atoms with van der Waals surface area (Å²) in [5.41, 5.74) is 2.45. The van der Waals surface area contributed by atoms with E-state index in [2.05, 4.69) is 15.8 Å². The van der Waals surface area contributed by atoms with Crippen molar-refractivity contribution in [2.45, 2.75) is 6.04 Å². The van der Waals surface area contributed by atoms with Gasteiger partial charge in [-0.25, -0.2) is 13.6 Å². The van der Waals surface area contributed by atoms with Crippen molar-refractivity contribution in [3.05, 3.63) is 66.4 Å². The van der Waals surface area contributed by atoms with Crippen LogP contribution >= 0.6 is 0 Å². The maximum atomic E-state index is 14.0. The number of carbonyl (C=O) groups is 1. The number of nitrogens with one attached hydrogen (secondary N) is 2. The first-order valence-electron chi connectivity index (χ1n) is 9.37. The van der Waals surface area contributed by atoms with Gasteiger partial charge >= 0.3 is 6.03 Å². The molecule has 0 bridgehead atoms. The van der Waals surface area contributed by atoms with Crippen LogP contribution in [0.3, 0.4) is 0 Å². The molecule has 8 heteroatoms. The first-order chi connectivity index (χ1) is 14.1. The summed E-state index contributed by atoms with van der Waals surface area (Å²) in [5, 5.41) is 9.79. The van der Waals surface area contributed by atoms with Crippen LogP contribution in [-0.2, 0) is 0 Å². The number of fused-ring (bicyclic) bond motifs is 1. The summed E-state index contributed by atoms with van der Waals surface area (Å²) in [6.07, 6.45) is 1.48. The van der Waals surface area contributed by atoms with Gasteiger partial charge in [0.25, 0.3) is 0 Å². The van der Waals surface area contributed by atoms with Gasteiger partial charge in [-0.1, -0.05) is 23.4 Å². The number of halogens is 2. The summed E-state index contributed by atoms with van der Waals surface area (Å²) in [6.45, 7) is 1.27. The van der Waals surface area contributed by atoms with Crippen LogP contribution in [0.2, 0.25) is 0 Å². The van der Waals surface area contributed by atoms with Gasteiger partial charge in [0.1, 0.15) is 23.6 Å². The number of aromatic nitrogens is 1. The zero-order valence-electron chi connectivity index (χ0n) is 15.3. The Hall–Kier alpha value is -3.42. The van der Waals surface area contributed by atoms with E-state index >= 15 is 0 Å². The van der Waals surface area contributed by atoms with E-state index in [0.717, 1.165) is 11.6 Å². The standard InChI is InChI=1S/C21H18F2N4O2/c22-12-5-6-19(16(23)9-12)27-10-14-15(11-27)20(14)25-21(28)24-17-4-2-1-3-13(17)18-7-8-29-26-18/h1-9,14-15,20H,10-11H2,(H2,24,25,28)/t14-,15+,20+. The third kappa shape index (κ3) is 3.30. The van der Waals surface area contributed by atoms with E-state index in [1.54, 1.807) is 12.1 Å². The number of anilines is 2. The van der Waals surface area contributed by atoms with Crippen LogP contribution in [0, 0.1) is 23.5 Å². The first kappa shape index (κ1) is 17.7. The number of benzene rings is 2. The maximum absolute atomic E-state index is 14.0. The molecule has 1 aromatic heterocycles. The van der Waals surface area contributed by atoms with Crippen LogP contribution < -0.4 is 15.5 Å². The Labute approximate surface area is 165 Å². The highest BCUT2D eigenvalue weighted by atomic mass is 19.1. The second-order valence-corrected chi connectivity index (χ2v) is 7.38. The number of para-hydroxylation sites is 1. The monoisotopic (exact) mass is 396 g/mol. The second-order valence-electron chi connectivity index (χ2n) is 7.38. The predicted molar refractivity (Wildman–Crippen MR) is 103 cm³/mol. The molecule has 3 atom stereocenters. The Balaban J connectivity index is 1.20. The van der Waals surface area contributed by atoms with Crippen molar-refractivity contribution in [1.29, 1.82) is 0 Å². The van der Waals surface area contributed by atoms with Crippen molar-refractivity contribution >= 4 is 17.4 Å². The molecular formula is C21H18F2N4O2. The van der Waals surface area contributed by atoms with E-state index in [4.69, 9.17) is 4.52 Å². The van der Waals surface area contributed by atoms with Crippen LogP contribution in [0.5, 0.6) is 0 Å². The van der Waals surface area contributed by atoms with Crippen LogP contribution in [-0.4, -0.2) is 30.3 Å². The molecule has 2 fully saturated rings. The number of urea groups is 1. The molecule has 1 saturated carbocycles. The van der Waals surface area contributed by atoms with E-state index in [9.17, 15) is 13.6 Å². The lowest BCUT2D eigenvalue weighted by Gasteiger charge is -2.23. The molecular weight excluding hydrogens is 378 g/mol. The molecule has 0 spiro atoms. The molecule has 5 rings (SSSR count). The first-order valence-corrected chi connectivity index (χ1v) is 9.37. The average molecular weight is 396 g/mol. The van der Waals surface area contributed by atoms with Crippen LogP contribution in [0.15, 0.2) is 59.3 Å². The lowest BCUT2D eigenvalue weighted by molar-refractivity contribution is 0.250. The lowest BCUT2D eigenvalue weighted by atomic mass is 10.1. The molecule has 1 saturated heterocycles. The van der Waals surface area contributed by atoms with Gasteiger partial charge in [-0.05, 0) is 18.2 Å². The highest BCUT2D eigenvalue weighted by Gasteiger charge is 2.56. The highest BCUT2D eigenvalue weighted by Crippen LogP contribution is 2.47. The molecule has 2 amide bonds. The van der Waals surface area contributed by atoms with E-state index < -0.39 is 11.6 Å². The van der Waals surface area contributed by atoms with Crippen molar-refractivity contribution in [3.8, 4) is 11.3 Å². The summed E-state index contributed by atoms with van der Waals surface area (Å²) in [6, 6.07) is 12.5. The largest absolute Gasteiger partial charge is 0.368 e. The summed E-state index contributed by atoms with van der Waals surface area (Å²) in [7, 11) is 0. The number of piperidine rings is 1. The van der Waals surface area contributed by atoms with E-state index in [-0.39, 0.29) is 23.9 Å². The quantitative estimate of drug-likeness (QED) is 0.702. The fourth-order valence-electron chi connectivity index (χ4n) is 4.15. The Morgan fingerprint density at radius 3 is 2.62 bits per heavy atom. The highest BCUT2D eigenvalue weighted by molar-refractivity contribution is 5.94. The van der Waals surface area contributed by atoms with Crippen molar-refractivity contribution in [2.24, 2.45) is 11.8 Å². The molecule has 2 heterocycles. The van der Waals surface area contributed by atoms with Gasteiger partial charge in [0.05, 0.1) is 11.4 Å². The van der Waals surface area contributed by atoms with Gasteiger partial charge in [0, 0.05) is 48.7 Å². The van der Waals surface area contributed by atoms with Crippen molar-refractivity contribution in [1.82, 2.24) is 10.5 Å². The molecule has 2 aromatic carbocycles. The van der Waals surface area contributed by atoms with Gasteiger partial charge in [-0.15, -0.1) is 0 Å². The Kier molecular flexibility index (Phi) is 4.19. The topological polar surface area (TPSA) is 70.4 Å². The average Bonchev–Trinajstić information content (AvgIpc) is 3.13. The molecule has 0 radical (unpaired) electrons. The molecule has 29 heavy (non-hydrogen) atoms. The van der Waals surface area contributed by atoms with E-state index in [1.165, 1.54) is 18.4 Å². The summed E-state index contributed by atoms with van der Waals surface area (Å²) in [4.78, 5) is 14.4. The van der Waals surface area contributed by atoms with Gasteiger partial charge in [0.2, 0.25) is 0 Å². The summed E-state index contributed by atoms with van der Waals surface area (Å²) in [5.74, 6) is -0.622. The fourth-order valence-corrected chi connectivity index (χ4v) is 4.15. The van der Waals surface area contributed by atoms with Crippen molar-refractivity contribution in [3.63, 3.8) is 0 Å². The third-order valence-electron chi connectivity index (χ3n) is 5.63. The predicted octanol–water partition coefficient (Wildman–Crippen LogP) is 3.88. The van der Waals surface area contributed by atoms with Crippen LogP contribution in [0.4, 0.5) is 25.0 Å². The smallest absolute Gasteiger partial charge is 0.319 e. The van der Waals surface area contributed by atoms with Gasteiger partial charge in [-0.2, -0.15) is 0 Å².